The monoisotopic (exact) mass is 424 g/mol. The summed E-state index contributed by atoms with van der Waals surface area (Å²) in [6, 6.07) is 0. The summed E-state index contributed by atoms with van der Waals surface area (Å²) in [5, 5.41) is 0. The van der Waals surface area contributed by atoms with Crippen LogP contribution in [-0.4, -0.2) is 21.7 Å². The molecule has 1 rings (SSSR count). The van der Waals surface area contributed by atoms with Crippen molar-refractivity contribution in [3.8, 4) is 0 Å². The Morgan fingerprint density at radius 1 is 0.438 bits per heavy atom. The lowest BCUT2D eigenvalue weighted by atomic mass is 9.95. The highest BCUT2D eigenvalue weighted by molar-refractivity contribution is 6.77. The van der Waals surface area contributed by atoms with E-state index < -0.39 is 21.7 Å². The molecule has 1 aliphatic rings. The van der Waals surface area contributed by atoms with Crippen molar-refractivity contribution in [1.29, 1.82) is 0 Å². The van der Waals surface area contributed by atoms with Gasteiger partial charge in [0.1, 0.15) is 0 Å². The first-order valence-corrected chi connectivity index (χ1v) is 7.38. The van der Waals surface area contributed by atoms with Gasteiger partial charge in [-0.1, -0.05) is 116 Å². The van der Waals surface area contributed by atoms with E-state index in [9.17, 15) is 0 Å². The van der Waals surface area contributed by atoms with Crippen molar-refractivity contribution in [2.24, 2.45) is 0 Å². The first kappa shape index (κ1) is 17.0. The molecule has 0 nitrogen and oxygen atoms in total. The fraction of sp³-hybridized carbons (Fsp3) is 1.00. The van der Waals surface area contributed by atoms with Crippen molar-refractivity contribution in [1.82, 2.24) is 0 Å². The summed E-state index contributed by atoms with van der Waals surface area (Å²) in [5.41, 5.74) is 0. The fourth-order valence-corrected chi connectivity index (χ4v) is 4.86. The Hall–Kier alpha value is 2.90. The maximum absolute atomic E-state index is 5.92. The normalized spacial score (nSPS) is 33.4. The van der Waals surface area contributed by atoms with Crippen LogP contribution in [0.3, 0.4) is 0 Å². The van der Waals surface area contributed by atoms with Crippen LogP contribution < -0.4 is 0 Å². The predicted octanol–water partition coefficient (Wildman–Crippen LogP) is 6.26. The molecule has 0 spiro atoms. The van der Waals surface area contributed by atoms with Gasteiger partial charge in [-0.15, -0.1) is 0 Å². The topological polar surface area (TPSA) is 0 Å². The highest BCUT2D eigenvalue weighted by atomic mass is 35.6. The molecule has 0 bridgehead atoms. The van der Waals surface area contributed by atoms with Gasteiger partial charge in [-0.3, -0.25) is 0 Å². The number of alkyl halides is 10. The maximum atomic E-state index is 5.92. The second-order valence-corrected chi connectivity index (χ2v) is 10.3. The van der Waals surface area contributed by atoms with Crippen LogP contribution in [0.25, 0.3) is 0 Å². The van der Waals surface area contributed by atoms with E-state index in [1.807, 2.05) is 0 Å². The lowest BCUT2D eigenvalue weighted by Crippen LogP contribution is -2.69. The average molecular weight is 429 g/mol. The van der Waals surface area contributed by atoms with Gasteiger partial charge in [0.2, 0.25) is 0 Å². The van der Waals surface area contributed by atoms with Crippen LogP contribution in [0.1, 0.15) is 6.42 Å². The van der Waals surface area contributed by atoms with Crippen LogP contribution >= 0.6 is 116 Å². The molecule has 0 unspecified atom stereocenters. The molecule has 0 amide bonds. The second kappa shape index (κ2) is 4.45. The predicted molar refractivity (Wildman–Crippen MR) is 76.8 cm³/mol. The minimum Gasteiger partial charge on any atom is -0.0980 e. The quantitative estimate of drug-likeness (QED) is 0.400. The maximum Gasteiger partial charge on any atom is 0.189 e. The molecule has 96 valence electrons. The molecule has 0 aromatic heterocycles. The second-order valence-electron chi connectivity index (χ2n) is 3.31. The number of rotatable bonds is 0. The van der Waals surface area contributed by atoms with E-state index in [1.165, 1.54) is 0 Å². The van der Waals surface area contributed by atoms with Crippen molar-refractivity contribution < 1.29 is 0 Å². The van der Waals surface area contributed by atoms with Crippen LogP contribution in [-0.2, 0) is 0 Å². The Morgan fingerprint density at radius 2 is 0.688 bits per heavy atom. The highest BCUT2D eigenvalue weighted by Gasteiger charge is 2.78. The van der Waals surface area contributed by atoms with Crippen LogP contribution in [0, 0.1) is 0 Å². The van der Waals surface area contributed by atoms with Crippen molar-refractivity contribution in [3.63, 3.8) is 0 Å². The van der Waals surface area contributed by atoms with E-state index in [1.54, 1.807) is 0 Å². The fourth-order valence-electron chi connectivity index (χ4n) is 1.16. The molecule has 1 fully saturated rings. The molecule has 0 aromatic rings. The summed E-state index contributed by atoms with van der Waals surface area (Å²) in [6.45, 7) is 0. The van der Waals surface area contributed by atoms with Crippen molar-refractivity contribution in [2.75, 3.05) is 0 Å². The summed E-state index contributed by atoms with van der Waals surface area (Å²) in [5.74, 6) is 0. The molecule has 1 aliphatic carbocycles. The standard InChI is InChI=1S/C6H2Cl10/c7-2(8)1-3(9,10)5(13,14)6(15,16)4(2,11)12/h1H2. The van der Waals surface area contributed by atoms with Gasteiger partial charge in [0.25, 0.3) is 0 Å². The molecule has 10 heteroatoms. The Morgan fingerprint density at radius 3 is 0.938 bits per heavy atom. The zero-order chi connectivity index (χ0) is 13.2. The summed E-state index contributed by atoms with van der Waals surface area (Å²) >= 11 is 59.1. The third-order valence-electron chi connectivity index (χ3n) is 2.15. The molecule has 16 heavy (non-hydrogen) atoms. The van der Waals surface area contributed by atoms with Gasteiger partial charge in [0.05, 0.1) is 0 Å². The largest absolute Gasteiger partial charge is 0.189 e. The summed E-state index contributed by atoms with van der Waals surface area (Å²) in [7, 11) is 0. The Bertz CT molecular complexity index is 274. The summed E-state index contributed by atoms with van der Waals surface area (Å²) in [4.78, 5) is 0. The van der Waals surface area contributed by atoms with Crippen LogP contribution in [0.5, 0.6) is 0 Å². The molecule has 0 aromatic carbocycles. The van der Waals surface area contributed by atoms with Crippen molar-refractivity contribution in [3.05, 3.63) is 0 Å². The average Bonchev–Trinajstić information content (AvgIpc) is 1.98. The van der Waals surface area contributed by atoms with Crippen molar-refractivity contribution in [2.45, 2.75) is 28.1 Å². The van der Waals surface area contributed by atoms with Crippen LogP contribution in [0.15, 0.2) is 0 Å². The van der Waals surface area contributed by atoms with Gasteiger partial charge in [0, 0.05) is 6.42 Å². The van der Waals surface area contributed by atoms with Gasteiger partial charge in [-0.05, 0) is 0 Å². The highest BCUT2D eigenvalue weighted by Crippen LogP contribution is 2.72. The van der Waals surface area contributed by atoms with Gasteiger partial charge in [-0.2, -0.15) is 0 Å². The molecule has 0 heterocycles. The van der Waals surface area contributed by atoms with E-state index in [-0.39, 0.29) is 6.42 Å². The molecule has 0 aliphatic heterocycles. The minimum atomic E-state index is -2.18. The molecular weight excluding hydrogens is 427 g/mol. The van der Waals surface area contributed by atoms with Gasteiger partial charge in [0.15, 0.2) is 21.7 Å². The SMILES string of the molecule is ClC1(Cl)CC(Cl)(Cl)C(Cl)(Cl)C(Cl)(Cl)C1(Cl)Cl. The third kappa shape index (κ3) is 2.12. The zero-order valence-corrected chi connectivity index (χ0v) is 14.5. The third-order valence-corrected chi connectivity index (χ3v) is 8.93. The summed E-state index contributed by atoms with van der Waals surface area (Å²) in [6.07, 6.45) is -0.326. The first-order valence-electron chi connectivity index (χ1n) is 3.60. The molecule has 0 atom stereocenters. The minimum absolute atomic E-state index is 0.326. The number of hydrogen-bond donors (Lipinski definition) is 0. The molecule has 0 radical (unpaired) electrons. The lowest BCUT2D eigenvalue weighted by molar-refractivity contribution is 0.388. The van der Waals surface area contributed by atoms with Gasteiger partial charge >= 0.3 is 0 Å². The molecule has 0 N–H and O–H groups in total. The lowest BCUT2D eigenvalue weighted by Gasteiger charge is -2.55. The number of halogens is 10. The van der Waals surface area contributed by atoms with Crippen molar-refractivity contribution >= 4 is 116 Å². The Balaban J connectivity index is 3.43. The van der Waals surface area contributed by atoms with E-state index in [0.29, 0.717) is 0 Å². The first-order chi connectivity index (χ1) is 6.71. The molecular formula is C6H2Cl10. The number of hydrogen-bond acceptors (Lipinski definition) is 0. The van der Waals surface area contributed by atoms with Crippen LogP contribution in [0.4, 0.5) is 0 Å². The smallest absolute Gasteiger partial charge is 0.0980 e. The van der Waals surface area contributed by atoms with E-state index in [0.717, 1.165) is 0 Å². The van der Waals surface area contributed by atoms with Gasteiger partial charge in [-0.25, -0.2) is 0 Å². The van der Waals surface area contributed by atoms with Crippen LogP contribution in [0.2, 0.25) is 0 Å². The summed E-state index contributed by atoms with van der Waals surface area (Å²) < 4.78 is -9.96. The Labute approximate surface area is 143 Å². The van der Waals surface area contributed by atoms with E-state index >= 15 is 0 Å². The molecule has 0 saturated heterocycles. The van der Waals surface area contributed by atoms with E-state index in [2.05, 4.69) is 0 Å². The van der Waals surface area contributed by atoms with Gasteiger partial charge < -0.3 is 0 Å². The zero-order valence-electron chi connectivity index (χ0n) is 6.99. The van der Waals surface area contributed by atoms with E-state index in [4.69, 9.17) is 116 Å². The Kier molecular flexibility index (Phi) is 4.71. The molecule has 1 saturated carbocycles.